The molecule has 1 atom stereocenters. The molecule has 1 aliphatic heterocycles. The fourth-order valence-electron chi connectivity index (χ4n) is 1.30. The van der Waals surface area contributed by atoms with Crippen LogP contribution in [0.5, 0.6) is 0 Å². The first-order valence-corrected chi connectivity index (χ1v) is 5.40. The zero-order valence-electron chi connectivity index (χ0n) is 8.10. The standard InChI is InChI=1S/C10H8N2O3S/c13-5-6-2-1-3-7(4-6)11-9-8(14)12-10(15)16-9/h1-5,9,11H,(H,12,14,15)/t9-/m1/s1. The van der Waals surface area contributed by atoms with Crippen LogP contribution >= 0.6 is 11.8 Å². The third kappa shape index (κ3) is 2.22. The minimum Gasteiger partial charge on any atom is -0.365 e. The summed E-state index contributed by atoms with van der Waals surface area (Å²) in [4.78, 5) is 32.7. The molecule has 0 aromatic heterocycles. The molecule has 1 aliphatic rings. The van der Waals surface area contributed by atoms with Crippen LogP contribution in [-0.4, -0.2) is 22.8 Å². The summed E-state index contributed by atoms with van der Waals surface area (Å²) in [5, 5.41) is 4.04. The van der Waals surface area contributed by atoms with Crippen molar-refractivity contribution >= 4 is 34.9 Å². The van der Waals surface area contributed by atoms with Gasteiger partial charge < -0.3 is 5.32 Å². The maximum absolute atomic E-state index is 11.3. The average Bonchev–Trinajstić information content (AvgIpc) is 2.58. The number of hydrogen-bond acceptors (Lipinski definition) is 5. The largest absolute Gasteiger partial charge is 0.365 e. The Balaban J connectivity index is 2.11. The lowest BCUT2D eigenvalue weighted by Crippen LogP contribution is -2.29. The van der Waals surface area contributed by atoms with E-state index >= 15 is 0 Å². The number of anilines is 1. The molecule has 2 amide bonds. The number of thioether (sulfide) groups is 1. The molecule has 0 radical (unpaired) electrons. The zero-order chi connectivity index (χ0) is 11.5. The number of imide groups is 1. The SMILES string of the molecule is O=Cc1cccc(N[C@@H]2SC(=O)NC2=O)c1. The minimum absolute atomic E-state index is 0.367. The molecule has 5 nitrogen and oxygen atoms in total. The van der Waals surface area contributed by atoms with Crippen LogP contribution in [0.2, 0.25) is 0 Å². The van der Waals surface area contributed by atoms with Crippen LogP contribution in [0.25, 0.3) is 0 Å². The molecule has 0 bridgehead atoms. The van der Waals surface area contributed by atoms with E-state index < -0.39 is 5.37 Å². The summed E-state index contributed by atoms with van der Waals surface area (Å²) in [5.74, 6) is -0.369. The van der Waals surface area contributed by atoms with Gasteiger partial charge in [-0.2, -0.15) is 0 Å². The Kier molecular flexibility index (Phi) is 2.91. The van der Waals surface area contributed by atoms with Gasteiger partial charge in [-0.1, -0.05) is 12.1 Å². The van der Waals surface area contributed by atoms with Crippen LogP contribution in [-0.2, 0) is 4.79 Å². The van der Waals surface area contributed by atoms with E-state index in [-0.39, 0.29) is 11.1 Å². The highest BCUT2D eigenvalue weighted by Crippen LogP contribution is 2.21. The Morgan fingerprint density at radius 3 is 2.81 bits per heavy atom. The van der Waals surface area contributed by atoms with Gasteiger partial charge in [0, 0.05) is 11.3 Å². The summed E-state index contributed by atoms with van der Waals surface area (Å²) in [6.07, 6.45) is 0.720. The molecule has 1 aromatic carbocycles. The summed E-state index contributed by atoms with van der Waals surface area (Å²) in [6.45, 7) is 0. The third-order valence-electron chi connectivity index (χ3n) is 2.01. The highest BCUT2D eigenvalue weighted by atomic mass is 32.2. The number of nitrogens with one attached hydrogen (secondary N) is 2. The lowest BCUT2D eigenvalue weighted by molar-refractivity contribution is -0.118. The van der Waals surface area contributed by atoms with E-state index in [0.29, 0.717) is 11.3 Å². The monoisotopic (exact) mass is 236 g/mol. The summed E-state index contributed by atoms with van der Waals surface area (Å²) >= 11 is 0.883. The summed E-state index contributed by atoms with van der Waals surface area (Å²) in [6, 6.07) is 6.70. The molecular weight excluding hydrogens is 228 g/mol. The molecule has 1 heterocycles. The first-order valence-electron chi connectivity index (χ1n) is 4.52. The molecule has 0 aliphatic carbocycles. The second-order valence-electron chi connectivity index (χ2n) is 3.16. The van der Waals surface area contributed by atoms with Crippen molar-refractivity contribution < 1.29 is 14.4 Å². The van der Waals surface area contributed by atoms with Crippen LogP contribution in [0.3, 0.4) is 0 Å². The van der Waals surface area contributed by atoms with Gasteiger partial charge >= 0.3 is 0 Å². The van der Waals surface area contributed by atoms with Crippen LogP contribution in [0.4, 0.5) is 10.5 Å². The van der Waals surface area contributed by atoms with E-state index in [9.17, 15) is 14.4 Å². The predicted molar refractivity (Wildman–Crippen MR) is 60.4 cm³/mol. The molecular formula is C10H8N2O3S. The highest BCUT2D eigenvalue weighted by molar-refractivity contribution is 8.15. The number of benzene rings is 1. The van der Waals surface area contributed by atoms with Gasteiger partial charge in [0.1, 0.15) is 6.29 Å². The smallest absolute Gasteiger partial charge is 0.288 e. The number of amides is 2. The normalized spacial score (nSPS) is 19.4. The van der Waals surface area contributed by atoms with E-state index in [1.54, 1.807) is 24.3 Å². The van der Waals surface area contributed by atoms with E-state index in [1.165, 1.54) is 0 Å². The van der Waals surface area contributed by atoms with Crippen molar-refractivity contribution in [2.75, 3.05) is 5.32 Å². The molecule has 6 heteroatoms. The summed E-state index contributed by atoms with van der Waals surface area (Å²) in [5.41, 5.74) is 1.15. The van der Waals surface area contributed by atoms with E-state index in [2.05, 4.69) is 10.6 Å². The summed E-state index contributed by atoms with van der Waals surface area (Å²) in [7, 11) is 0. The van der Waals surface area contributed by atoms with Gasteiger partial charge in [0.15, 0.2) is 5.37 Å². The van der Waals surface area contributed by atoms with E-state index in [4.69, 9.17) is 0 Å². The second-order valence-corrected chi connectivity index (χ2v) is 4.24. The van der Waals surface area contributed by atoms with Crippen LogP contribution in [0.15, 0.2) is 24.3 Å². The molecule has 2 N–H and O–H groups in total. The average molecular weight is 236 g/mol. The van der Waals surface area contributed by atoms with Crippen molar-refractivity contribution in [2.45, 2.75) is 5.37 Å². The third-order valence-corrected chi connectivity index (χ3v) is 2.89. The van der Waals surface area contributed by atoms with Crippen molar-refractivity contribution in [2.24, 2.45) is 0 Å². The maximum atomic E-state index is 11.3. The lowest BCUT2D eigenvalue weighted by atomic mass is 10.2. The van der Waals surface area contributed by atoms with Crippen molar-refractivity contribution in [3.8, 4) is 0 Å². The number of carbonyl (C=O) groups excluding carboxylic acids is 3. The number of carbonyl (C=O) groups is 3. The summed E-state index contributed by atoms with van der Waals surface area (Å²) < 4.78 is 0. The van der Waals surface area contributed by atoms with Gasteiger partial charge in [-0.3, -0.25) is 19.7 Å². The van der Waals surface area contributed by atoms with Gasteiger partial charge in [0.05, 0.1) is 0 Å². The first kappa shape index (κ1) is 10.7. The Hall–Kier alpha value is -1.82. The Labute approximate surface area is 95.6 Å². The van der Waals surface area contributed by atoms with Crippen molar-refractivity contribution in [1.29, 1.82) is 0 Å². The lowest BCUT2D eigenvalue weighted by Gasteiger charge is -2.09. The van der Waals surface area contributed by atoms with Crippen molar-refractivity contribution in [3.63, 3.8) is 0 Å². The predicted octanol–water partition coefficient (Wildman–Crippen LogP) is 1.22. The highest BCUT2D eigenvalue weighted by Gasteiger charge is 2.31. The number of rotatable bonds is 3. The molecule has 1 aromatic rings. The van der Waals surface area contributed by atoms with Crippen molar-refractivity contribution in [1.82, 2.24) is 5.32 Å². The van der Waals surface area contributed by atoms with Crippen LogP contribution in [0, 0.1) is 0 Å². The molecule has 2 rings (SSSR count). The number of aldehydes is 1. The van der Waals surface area contributed by atoms with Crippen LogP contribution < -0.4 is 10.6 Å². The zero-order valence-corrected chi connectivity index (χ0v) is 8.91. The van der Waals surface area contributed by atoms with Gasteiger partial charge in [-0.05, 0) is 23.9 Å². The topological polar surface area (TPSA) is 75.3 Å². The molecule has 82 valence electrons. The van der Waals surface area contributed by atoms with Crippen LogP contribution in [0.1, 0.15) is 10.4 Å². The maximum Gasteiger partial charge on any atom is 0.288 e. The molecule has 16 heavy (non-hydrogen) atoms. The quantitative estimate of drug-likeness (QED) is 0.772. The van der Waals surface area contributed by atoms with E-state index in [0.717, 1.165) is 18.0 Å². The first-order chi connectivity index (χ1) is 7.69. The van der Waals surface area contributed by atoms with Gasteiger partial charge in [-0.15, -0.1) is 0 Å². The van der Waals surface area contributed by atoms with E-state index in [1.807, 2.05) is 0 Å². The van der Waals surface area contributed by atoms with Gasteiger partial charge in [0.2, 0.25) is 0 Å². The molecule has 0 saturated carbocycles. The molecule has 1 fully saturated rings. The minimum atomic E-state index is -0.630. The molecule has 0 spiro atoms. The fraction of sp³-hybridized carbons (Fsp3) is 0.100. The molecule has 1 saturated heterocycles. The van der Waals surface area contributed by atoms with Gasteiger partial charge in [-0.25, -0.2) is 0 Å². The Morgan fingerprint density at radius 2 is 2.19 bits per heavy atom. The Morgan fingerprint density at radius 1 is 1.38 bits per heavy atom. The Bertz CT molecular complexity index is 461. The second kappa shape index (κ2) is 4.36. The number of hydrogen-bond donors (Lipinski definition) is 2. The fourth-order valence-corrected chi connectivity index (χ4v) is 2.04. The molecule has 0 unspecified atom stereocenters. The van der Waals surface area contributed by atoms with Crippen molar-refractivity contribution in [3.05, 3.63) is 29.8 Å². The van der Waals surface area contributed by atoms with Gasteiger partial charge in [0.25, 0.3) is 11.1 Å².